The third-order valence-electron chi connectivity index (χ3n) is 5.03. The molecule has 0 fully saturated rings. The SMILES string of the molecule is Cc1cccc(NC(=O)c2c(O)c3cccc4c3n(c2=O)CC4)c1C. The molecule has 25 heavy (non-hydrogen) atoms. The minimum atomic E-state index is -0.584. The van der Waals surface area contributed by atoms with Crippen LogP contribution in [0.1, 0.15) is 27.0 Å². The summed E-state index contributed by atoms with van der Waals surface area (Å²) in [4.78, 5) is 25.6. The lowest BCUT2D eigenvalue weighted by atomic mass is 10.1. The number of aromatic nitrogens is 1. The lowest BCUT2D eigenvalue weighted by molar-refractivity contribution is 0.102. The Morgan fingerprint density at radius 3 is 2.72 bits per heavy atom. The first kappa shape index (κ1) is 15.4. The highest BCUT2D eigenvalue weighted by molar-refractivity contribution is 6.09. The van der Waals surface area contributed by atoms with Crippen LogP contribution < -0.4 is 10.9 Å². The van der Waals surface area contributed by atoms with Gasteiger partial charge in [-0.05, 0) is 49.1 Å². The number of hydrogen-bond donors (Lipinski definition) is 2. The zero-order chi connectivity index (χ0) is 17.7. The molecule has 1 aliphatic heterocycles. The monoisotopic (exact) mass is 334 g/mol. The summed E-state index contributed by atoms with van der Waals surface area (Å²) in [7, 11) is 0. The molecule has 126 valence electrons. The van der Waals surface area contributed by atoms with Crippen LogP contribution in [0.25, 0.3) is 10.9 Å². The van der Waals surface area contributed by atoms with Crippen LogP contribution in [0.4, 0.5) is 5.69 Å². The molecule has 3 aromatic rings. The van der Waals surface area contributed by atoms with Crippen molar-refractivity contribution in [3.05, 3.63) is 69.0 Å². The Bertz CT molecular complexity index is 1100. The molecule has 5 nitrogen and oxygen atoms in total. The van der Waals surface area contributed by atoms with Crippen molar-refractivity contribution < 1.29 is 9.90 Å². The van der Waals surface area contributed by atoms with Crippen LogP contribution >= 0.6 is 0 Å². The number of nitrogens with one attached hydrogen (secondary N) is 1. The van der Waals surface area contributed by atoms with Gasteiger partial charge >= 0.3 is 0 Å². The summed E-state index contributed by atoms with van der Waals surface area (Å²) in [5, 5.41) is 13.9. The summed E-state index contributed by atoms with van der Waals surface area (Å²) in [5.74, 6) is -0.832. The highest BCUT2D eigenvalue weighted by Crippen LogP contribution is 2.32. The van der Waals surface area contributed by atoms with Crippen LogP contribution in [-0.4, -0.2) is 15.6 Å². The van der Waals surface area contributed by atoms with Crippen LogP contribution in [0.15, 0.2) is 41.2 Å². The lowest BCUT2D eigenvalue weighted by Crippen LogP contribution is -2.28. The molecule has 5 heteroatoms. The molecule has 1 amide bonds. The number of anilines is 1. The first-order valence-corrected chi connectivity index (χ1v) is 8.24. The van der Waals surface area contributed by atoms with Crippen LogP contribution in [0.2, 0.25) is 0 Å². The molecule has 0 saturated heterocycles. The van der Waals surface area contributed by atoms with Gasteiger partial charge < -0.3 is 15.0 Å². The minimum absolute atomic E-state index is 0.201. The number of hydrogen-bond acceptors (Lipinski definition) is 3. The van der Waals surface area contributed by atoms with E-state index in [-0.39, 0.29) is 11.3 Å². The lowest BCUT2D eigenvalue weighted by Gasteiger charge is -2.13. The van der Waals surface area contributed by atoms with Crippen molar-refractivity contribution in [3.63, 3.8) is 0 Å². The highest BCUT2D eigenvalue weighted by atomic mass is 16.3. The molecule has 0 spiro atoms. The van der Waals surface area contributed by atoms with E-state index in [2.05, 4.69) is 5.32 Å². The molecule has 4 rings (SSSR count). The molecule has 2 heterocycles. The second kappa shape index (κ2) is 5.48. The number of carbonyl (C=O) groups is 1. The Labute approximate surface area is 144 Å². The third-order valence-corrected chi connectivity index (χ3v) is 5.03. The maximum Gasteiger partial charge on any atom is 0.267 e. The van der Waals surface area contributed by atoms with E-state index in [4.69, 9.17) is 0 Å². The van der Waals surface area contributed by atoms with Crippen molar-refractivity contribution in [1.29, 1.82) is 0 Å². The second-order valence-corrected chi connectivity index (χ2v) is 6.45. The largest absolute Gasteiger partial charge is 0.506 e. The van der Waals surface area contributed by atoms with Gasteiger partial charge in [-0.15, -0.1) is 0 Å². The second-order valence-electron chi connectivity index (χ2n) is 6.45. The van der Waals surface area contributed by atoms with E-state index in [1.165, 1.54) is 0 Å². The van der Waals surface area contributed by atoms with Gasteiger partial charge in [-0.2, -0.15) is 0 Å². The molecule has 1 aromatic heterocycles. The summed E-state index contributed by atoms with van der Waals surface area (Å²) < 4.78 is 1.59. The number of aryl methyl sites for hydroxylation is 3. The summed E-state index contributed by atoms with van der Waals surface area (Å²) >= 11 is 0. The zero-order valence-corrected chi connectivity index (χ0v) is 14.1. The predicted molar refractivity (Wildman–Crippen MR) is 97.4 cm³/mol. The Morgan fingerprint density at radius 1 is 1.16 bits per heavy atom. The number of rotatable bonds is 2. The number of aromatic hydroxyl groups is 1. The van der Waals surface area contributed by atoms with Gasteiger partial charge in [0.25, 0.3) is 11.5 Å². The molecular formula is C20H18N2O3. The van der Waals surface area contributed by atoms with E-state index in [0.717, 1.165) is 28.6 Å². The molecular weight excluding hydrogens is 316 g/mol. The minimum Gasteiger partial charge on any atom is -0.506 e. The molecule has 0 aliphatic carbocycles. The average molecular weight is 334 g/mol. The molecule has 0 unspecified atom stereocenters. The Morgan fingerprint density at radius 2 is 1.92 bits per heavy atom. The normalized spacial score (nSPS) is 12.6. The first-order valence-electron chi connectivity index (χ1n) is 8.24. The molecule has 0 radical (unpaired) electrons. The van der Waals surface area contributed by atoms with Gasteiger partial charge in [0, 0.05) is 17.6 Å². The van der Waals surface area contributed by atoms with Gasteiger partial charge in [-0.1, -0.05) is 24.3 Å². The molecule has 2 N–H and O–H groups in total. The average Bonchev–Trinajstić information content (AvgIpc) is 3.02. The number of benzene rings is 2. The molecule has 1 aliphatic rings. The summed E-state index contributed by atoms with van der Waals surface area (Å²) in [5.41, 5.74) is 3.72. The maximum absolute atomic E-state index is 12.8. The van der Waals surface area contributed by atoms with Crippen LogP contribution in [0, 0.1) is 13.8 Å². The van der Waals surface area contributed by atoms with E-state index in [9.17, 15) is 14.7 Å². The topological polar surface area (TPSA) is 71.3 Å². The Balaban J connectivity index is 1.87. The number of amides is 1. The summed E-state index contributed by atoms with van der Waals surface area (Å²) in [6.07, 6.45) is 0.730. The molecule has 0 atom stereocenters. The fourth-order valence-corrected chi connectivity index (χ4v) is 3.50. The van der Waals surface area contributed by atoms with E-state index < -0.39 is 11.5 Å². The number of para-hydroxylation sites is 1. The zero-order valence-electron chi connectivity index (χ0n) is 14.1. The quantitative estimate of drug-likeness (QED) is 0.756. The van der Waals surface area contributed by atoms with Gasteiger partial charge in [0.15, 0.2) is 0 Å². The van der Waals surface area contributed by atoms with Crippen molar-refractivity contribution in [2.45, 2.75) is 26.8 Å². The van der Waals surface area contributed by atoms with Crippen molar-refractivity contribution in [2.75, 3.05) is 5.32 Å². The standard InChI is InChI=1S/C20H18N2O3/c1-11-5-3-8-15(12(11)2)21-19(24)16-18(23)14-7-4-6-13-9-10-22(17(13)14)20(16)25/h3-8,23H,9-10H2,1-2H3,(H,21,24). The first-order chi connectivity index (χ1) is 12.0. The Hall–Kier alpha value is -3.08. The highest BCUT2D eigenvalue weighted by Gasteiger charge is 2.26. The van der Waals surface area contributed by atoms with Gasteiger partial charge in [-0.3, -0.25) is 9.59 Å². The van der Waals surface area contributed by atoms with Crippen LogP contribution in [0.3, 0.4) is 0 Å². The van der Waals surface area contributed by atoms with Crippen molar-refractivity contribution in [1.82, 2.24) is 4.57 Å². The third kappa shape index (κ3) is 2.23. The van der Waals surface area contributed by atoms with Gasteiger partial charge in [0.05, 0.1) is 5.52 Å². The van der Waals surface area contributed by atoms with E-state index >= 15 is 0 Å². The van der Waals surface area contributed by atoms with E-state index in [0.29, 0.717) is 17.6 Å². The van der Waals surface area contributed by atoms with E-state index in [1.54, 1.807) is 16.7 Å². The van der Waals surface area contributed by atoms with Crippen molar-refractivity contribution in [2.24, 2.45) is 0 Å². The van der Waals surface area contributed by atoms with Crippen molar-refractivity contribution in [3.8, 4) is 5.75 Å². The number of carbonyl (C=O) groups excluding carboxylic acids is 1. The summed E-state index contributed by atoms with van der Waals surface area (Å²) in [6, 6.07) is 11.1. The van der Waals surface area contributed by atoms with Gasteiger partial charge in [-0.25, -0.2) is 0 Å². The predicted octanol–water partition coefficient (Wildman–Crippen LogP) is 3.13. The van der Waals surface area contributed by atoms with Gasteiger partial charge in [0.2, 0.25) is 0 Å². The molecule has 2 aromatic carbocycles. The number of nitrogens with zero attached hydrogens (tertiary/aromatic N) is 1. The smallest absolute Gasteiger partial charge is 0.267 e. The Kier molecular flexibility index (Phi) is 3.39. The maximum atomic E-state index is 12.8. The number of pyridine rings is 1. The van der Waals surface area contributed by atoms with Gasteiger partial charge in [0.1, 0.15) is 11.3 Å². The fraction of sp³-hybridized carbons (Fsp3) is 0.200. The van der Waals surface area contributed by atoms with Crippen molar-refractivity contribution >= 4 is 22.5 Å². The van der Waals surface area contributed by atoms with Crippen LogP contribution in [-0.2, 0) is 13.0 Å². The summed E-state index contributed by atoms with van der Waals surface area (Å²) in [6.45, 7) is 4.39. The molecule has 0 saturated carbocycles. The van der Waals surface area contributed by atoms with Crippen LogP contribution in [0.5, 0.6) is 5.75 Å². The van der Waals surface area contributed by atoms with E-state index in [1.807, 2.05) is 38.1 Å². The molecule has 0 bridgehead atoms. The fourth-order valence-electron chi connectivity index (χ4n) is 3.50.